The molecule has 0 radical (unpaired) electrons. The molecule has 0 spiro atoms. The first-order chi connectivity index (χ1) is 8.99. The number of hydrogen-bond donors (Lipinski definition) is 1. The summed E-state index contributed by atoms with van der Waals surface area (Å²) >= 11 is 0. The minimum atomic E-state index is -0.124. The van der Waals surface area contributed by atoms with E-state index in [-0.39, 0.29) is 11.7 Å². The Balaban J connectivity index is 2.03. The van der Waals surface area contributed by atoms with Crippen molar-refractivity contribution in [2.75, 3.05) is 0 Å². The lowest BCUT2D eigenvalue weighted by molar-refractivity contribution is -0.167. The summed E-state index contributed by atoms with van der Waals surface area (Å²) in [5, 5.41) is 10.1. The second-order valence-corrected chi connectivity index (χ2v) is 6.42. The van der Waals surface area contributed by atoms with E-state index in [0.717, 1.165) is 18.4 Å². The molecular formula is C17H22O2. The standard InChI is InChI=1S/C17H22O2/c1-11-8-9-12-10-14(11)16(19-17(12,2)3)13-6-4-5-7-15(13)18/h4-8,12,14,16,18H,9-10H2,1-3H3/t12-,14+,16-/m1/s1. The molecule has 1 saturated heterocycles. The van der Waals surface area contributed by atoms with E-state index in [2.05, 4.69) is 26.8 Å². The van der Waals surface area contributed by atoms with E-state index in [1.165, 1.54) is 5.57 Å². The molecule has 1 aromatic carbocycles. The van der Waals surface area contributed by atoms with Gasteiger partial charge in [0.15, 0.2) is 0 Å². The van der Waals surface area contributed by atoms with E-state index in [4.69, 9.17) is 4.74 Å². The van der Waals surface area contributed by atoms with Crippen LogP contribution in [0.4, 0.5) is 0 Å². The van der Waals surface area contributed by atoms with E-state index in [1.54, 1.807) is 6.07 Å². The van der Waals surface area contributed by atoms with E-state index >= 15 is 0 Å². The summed E-state index contributed by atoms with van der Waals surface area (Å²) in [4.78, 5) is 0. The average Bonchev–Trinajstić information content (AvgIpc) is 2.37. The summed E-state index contributed by atoms with van der Waals surface area (Å²) in [6, 6.07) is 7.57. The van der Waals surface area contributed by atoms with Crippen LogP contribution < -0.4 is 0 Å². The lowest BCUT2D eigenvalue weighted by Gasteiger charge is -2.49. The first-order valence-corrected chi connectivity index (χ1v) is 7.11. The highest BCUT2D eigenvalue weighted by molar-refractivity contribution is 5.36. The summed E-state index contributed by atoms with van der Waals surface area (Å²) in [6.07, 6.45) is 4.61. The SMILES string of the molecule is CC1=CC[C@@H]2C[C@@H]1[C@@H](c1ccccc1O)OC2(C)C. The number of rotatable bonds is 1. The van der Waals surface area contributed by atoms with Crippen LogP contribution in [0, 0.1) is 11.8 Å². The van der Waals surface area contributed by atoms with Crippen LogP contribution in [0.5, 0.6) is 5.75 Å². The molecule has 2 heteroatoms. The predicted molar refractivity (Wildman–Crippen MR) is 76.0 cm³/mol. The fourth-order valence-electron chi connectivity index (χ4n) is 3.51. The number of fused-ring (bicyclic) bond motifs is 2. The Bertz CT molecular complexity index is 516. The molecular weight excluding hydrogens is 236 g/mol. The third-order valence-corrected chi connectivity index (χ3v) is 4.87. The van der Waals surface area contributed by atoms with Crippen LogP contribution in [0.1, 0.15) is 45.3 Å². The number of hydrogen-bond acceptors (Lipinski definition) is 2. The number of allylic oxidation sites excluding steroid dienone is 1. The van der Waals surface area contributed by atoms with Crippen molar-refractivity contribution in [3.05, 3.63) is 41.5 Å². The zero-order chi connectivity index (χ0) is 13.6. The van der Waals surface area contributed by atoms with Crippen LogP contribution in [-0.2, 0) is 4.74 Å². The van der Waals surface area contributed by atoms with E-state index in [0.29, 0.717) is 17.6 Å². The van der Waals surface area contributed by atoms with Gasteiger partial charge in [-0.05, 0) is 45.6 Å². The quantitative estimate of drug-likeness (QED) is 0.764. The smallest absolute Gasteiger partial charge is 0.121 e. The van der Waals surface area contributed by atoms with Gasteiger partial charge in [-0.2, -0.15) is 0 Å². The second kappa shape index (κ2) is 4.38. The molecule has 0 unspecified atom stereocenters. The fraction of sp³-hybridized carbons (Fsp3) is 0.529. The van der Waals surface area contributed by atoms with Crippen molar-refractivity contribution in [3.8, 4) is 5.75 Å². The minimum absolute atomic E-state index is 0.0241. The van der Waals surface area contributed by atoms with Gasteiger partial charge in [0.25, 0.3) is 0 Å². The maximum Gasteiger partial charge on any atom is 0.121 e. The summed E-state index contributed by atoms with van der Waals surface area (Å²) in [5.41, 5.74) is 2.20. The van der Waals surface area contributed by atoms with Crippen LogP contribution >= 0.6 is 0 Å². The Hall–Kier alpha value is -1.28. The summed E-state index contributed by atoms with van der Waals surface area (Å²) in [6.45, 7) is 6.54. The normalized spacial score (nSPS) is 32.8. The highest BCUT2D eigenvalue weighted by Gasteiger charge is 2.45. The first kappa shape index (κ1) is 12.7. The van der Waals surface area contributed by atoms with Gasteiger partial charge in [0.1, 0.15) is 5.75 Å². The van der Waals surface area contributed by atoms with Gasteiger partial charge in [0.2, 0.25) is 0 Å². The van der Waals surface area contributed by atoms with Crippen molar-refractivity contribution in [2.45, 2.75) is 45.3 Å². The molecule has 3 atom stereocenters. The number of ether oxygens (including phenoxy) is 1. The highest BCUT2D eigenvalue weighted by atomic mass is 16.5. The third-order valence-electron chi connectivity index (χ3n) is 4.87. The predicted octanol–water partition coefficient (Wildman–Crippen LogP) is 4.21. The van der Waals surface area contributed by atoms with Crippen LogP contribution in [0.25, 0.3) is 0 Å². The van der Waals surface area contributed by atoms with Crippen molar-refractivity contribution >= 4 is 0 Å². The largest absolute Gasteiger partial charge is 0.508 e. The molecule has 19 heavy (non-hydrogen) atoms. The average molecular weight is 258 g/mol. The Morgan fingerprint density at radius 1 is 1.26 bits per heavy atom. The molecule has 0 aromatic heterocycles. The maximum absolute atomic E-state index is 10.1. The summed E-state index contributed by atoms with van der Waals surface area (Å²) < 4.78 is 6.38. The Morgan fingerprint density at radius 2 is 2.00 bits per heavy atom. The first-order valence-electron chi connectivity index (χ1n) is 7.11. The molecule has 102 valence electrons. The molecule has 1 aliphatic carbocycles. The molecule has 1 N–H and O–H groups in total. The topological polar surface area (TPSA) is 29.5 Å². The van der Waals surface area contributed by atoms with Crippen LogP contribution in [-0.4, -0.2) is 10.7 Å². The van der Waals surface area contributed by atoms with Crippen molar-refractivity contribution in [1.82, 2.24) is 0 Å². The Morgan fingerprint density at radius 3 is 2.74 bits per heavy atom. The maximum atomic E-state index is 10.1. The minimum Gasteiger partial charge on any atom is -0.508 e. The fourth-order valence-corrected chi connectivity index (χ4v) is 3.51. The van der Waals surface area contributed by atoms with Gasteiger partial charge in [0.05, 0.1) is 11.7 Å². The molecule has 1 fully saturated rings. The van der Waals surface area contributed by atoms with Crippen LogP contribution in [0.2, 0.25) is 0 Å². The Kier molecular flexibility index (Phi) is 2.94. The van der Waals surface area contributed by atoms with Crippen LogP contribution in [0.15, 0.2) is 35.9 Å². The molecule has 2 bridgehead atoms. The van der Waals surface area contributed by atoms with Gasteiger partial charge in [0, 0.05) is 11.5 Å². The van der Waals surface area contributed by atoms with Gasteiger partial charge < -0.3 is 9.84 Å². The molecule has 3 rings (SSSR count). The number of phenols is 1. The van der Waals surface area contributed by atoms with Crippen molar-refractivity contribution in [1.29, 1.82) is 0 Å². The summed E-state index contributed by atoms with van der Waals surface area (Å²) in [5.74, 6) is 1.34. The molecule has 2 aliphatic rings. The second-order valence-electron chi connectivity index (χ2n) is 6.42. The zero-order valence-corrected chi connectivity index (χ0v) is 11.9. The third kappa shape index (κ3) is 2.08. The van der Waals surface area contributed by atoms with Gasteiger partial charge in [-0.15, -0.1) is 0 Å². The summed E-state index contributed by atoms with van der Waals surface area (Å²) in [7, 11) is 0. The van der Waals surface area contributed by atoms with E-state index in [1.807, 2.05) is 18.2 Å². The molecule has 1 heterocycles. The highest BCUT2D eigenvalue weighted by Crippen LogP contribution is 2.52. The Labute approximate surface area is 115 Å². The monoisotopic (exact) mass is 258 g/mol. The van der Waals surface area contributed by atoms with E-state index in [9.17, 15) is 5.11 Å². The number of benzene rings is 1. The number of aromatic hydroxyl groups is 1. The molecule has 1 aromatic rings. The zero-order valence-electron chi connectivity index (χ0n) is 11.9. The van der Waals surface area contributed by atoms with Gasteiger partial charge in [-0.3, -0.25) is 0 Å². The molecule has 2 nitrogen and oxygen atoms in total. The van der Waals surface area contributed by atoms with Gasteiger partial charge in [-0.25, -0.2) is 0 Å². The molecule has 0 saturated carbocycles. The number of para-hydroxylation sites is 1. The molecule has 1 aliphatic heterocycles. The van der Waals surface area contributed by atoms with Crippen LogP contribution in [0.3, 0.4) is 0 Å². The lowest BCUT2D eigenvalue weighted by Crippen LogP contribution is -2.45. The molecule has 0 amide bonds. The number of phenolic OH excluding ortho intramolecular Hbond substituents is 1. The van der Waals surface area contributed by atoms with Gasteiger partial charge >= 0.3 is 0 Å². The van der Waals surface area contributed by atoms with Crippen molar-refractivity contribution in [2.24, 2.45) is 11.8 Å². The lowest BCUT2D eigenvalue weighted by atomic mass is 9.68. The van der Waals surface area contributed by atoms with E-state index < -0.39 is 0 Å². The van der Waals surface area contributed by atoms with Gasteiger partial charge in [-0.1, -0.05) is 29.8 Å². The van der Waals surface area contributed by atoms with Crippen molar-refractivity contribution in [3.63, 3.8) is 0 Å². The van der Waals surface area contributed by atoms with Crippen molar-refractivity contribution < 1.29 is 9.84 Å².